The Kier molecular flexibility index (Phi) is 5.79. The van der Waals surface area contributed by atoms with Crippen LogP contribution in [-0.4, -0.2) is 35.8 Å². The summed E-state index contributed by atoms with van der Waals surface area (Å²) in [6.45, 7) is 5.53. The van der Waals surface area contributed by atoms with Crippen molar-refractivity contribution in [2.45, 2.75) is 45.6 Å². The number of piperidine rings is 1. The monoisotopic (exact) mass is 308 g/mol. The third-order valence-electron chi connectivity index (χ3n) is 4.00. The zero-order chi connectivity index (χ0) is 15.2. The van der Waals surface area contributed by atoms with Gasteiger partial charge in [-0.25, -0.2) is 0 Å². The zero-order valence-electron chi connectivity index (χ0n) is 12.8. The molecule has 21 heavy (non-hydrogen) atoms. The van der Waals surface area contributed by atoms with Crippen LogP contribution in [0.1, 0.15) is 49.2 Å². The Balaban J connectivity index is 1.80. The van der Waals surface area contributed by atoms with E-state index in [1.807, 2.05) is 22.4 Å². The van der Waals surface area contributed by atoms with Gasteiger partial charge in [-0.2, -0.15) is 0 Å². The van der Waals surface area contributed by atoms with Gasteiger partial charge in [0.05, 0.1) is 4.88 Å². The third-order valence-corrected chi connectivity index (χ3v) is 4.85. The molecule has 1 N–H and O–H groups in total. The Hall–Kier alpha value is -1.36. The molecule has 1 saturated heterocycles. The molecule has 2 heterocycles. The Morgan fingerprint density at radius 1 is 1.43 bits per heavy atom. The van der Waals surface area contributed by atoms with Gasteiger partial charge in [-0.1, -0.05) is 19.4 Å². The first-order valence-corrected chi connectivity index (χ1v) is 8.63. The first-order valence-electron chi connectivity index (χ1n) is 7.75. The van der Waals surface area contributed by atoms with E-state index in [1.165, 1.54) is 11.3 Å². The Morgan fingerprint density at radius 2 is 2.14 bits per heavy atom. The topological polar surface area (TPSA) is 49.4 Å². The van der Waals surface area contributed by atoms with Crippen LogP contribution in [0.3, 0.4) is 0 Å². The lowest BCUT2D eigenvalue weighted by molar-refractivity contribution is -0.126. The van der Waals surface area contributed by atoms with Gasteiger partial charge in [-0.3, -0.25) is 9.59 Å². The van der Waals surface area contributed by atoms with Crippen molar-refractivity contribution in [2.24, 2.45) is 5.92 Å². The molecule has 5 heteroatoms. The maximum atomic E-state index is 12.2. The highest BCUT2D eigenvalue weighted by atomic mass is 32.1. The molecule has 1 unspecified atom stereocenters. The predicted molar refractivity (Wildman–Crippen MR) is 85.5 cm³/mol. The lowest BCUT2D eigenvalue weighted by Gasteiger charge is -2.31. The zero-order valence-corrected chi connectivity index (χ0v) is 13.6. The highest BCUT2D eigenvalue weighted by Crippen LogP contribution is 2.21. The second kappa shape index (κ2) is 7.59. The van der Waals surface area contributed by atoms with Crippen molar-refractivity contribution in [3.8, 4) is 0 Å². The van der Waals surface area contributed by atoms with E-state index >= 15 is 0 Å². The smallest absolute Gasteiger partial charge is 0.263 e. The van der Waals surface area contributed by atoms with Crippen LogP contribution in [0.4, 0.5) is 0 Å². The summed E-state index contributed by atoms with van der Waals surface area (Å²) in [4.78, 5) is 27.1. The van der Waals surface area contributed by atoms with Crippen LogP contribution >= 0.6 is 11.3 Å². The van der Waals surface area contributed by atoms with Gasteiger partial charge in [0.2, 0.25) is 5.91 Å². The summed E-state index contributed by atoms with van der Waals surface area (Å²) in [7, 11) is 0. The lowest BCUT2D eigenvalue weighted by Crippen LogP contribution is -2.44. The maximum Gasteiger partial charge on any atom is 0.263 e. The number of amides is 2. The lowest BCUT2D eigenvalue weighted by atomic mass is 9.95. The molecule has 1 atom stereocenters. The van der Waals surface area contributed by atoms with Crippen LogP contribution in [-0.2, 0) is 4.79 Å². The highest BCUT2D eigenvalue weighted by molar-refractivity contribution is 7.12. The van der Waals surface area contributed by atoms with E-state index in [1.54, 1.807) is 0 Å². The summed E-state index contributed by atoms with van der Waals surface area (Å²) in [5.41, 5.74) is 0. The SMILES string of the molecule is CCCC(C)NC(=O)C1CCN(C(=O)c2cccs2)CC1. The normalized spacial score (nSPS) is 17.5. The Bertz CT molecular complexity index is 465. The van der Waals surface area contributed by atoms with Crippen molar-refractivity contribution in [2.75, 3.05) is 13.1 Å². The van der Waals surface area contributed by atoms with Crippen molar-refractivity contribution < 1.29 is 9.59 Å². The van der Waals surface area contributed by atoms with Crippen molar-refractivity contribution in [3.63, 3.8) is 0 Å². The molecule has 2 amide bonds. The molecular weight excluding hydrogens is 284 g/mol. The minimum absolute atomic E-state index is 0.0525. The number of likely N-dealkylation sites (tertiary alicyclic amines) is 1. The van der Waals surface area contributed by atoms with Crippen LogP contribution in [0.5, 0.6) is 0 Å². The number of thiophene rings is 1. The van der Waals surface area contributed by atoms with E-state index in [4.69, 9.17) is 0 Å². The number of hydrogen-bond acceptors (Lipinski definition) is 3. The fourth-order valence-electron chi connectivity index (χ4n) is 2.77. The minimum atomic E-state index is 0.0525. The number of nitrogens with one attached hydrogen (secondary N) is 1. The fourth-order valence-corrected chi connectivity index (χ4v) is 3.46. The van der Waals surface area contributed by atoms with E-state index in [-0.39, 0.29) is 23.8 Å². The molecule has 1 aromatic rings. The second-order valence-corrected chi connectivity index (χ2v) is 6.69. The molecule has 0 radical (unpaired) electrons. The number of carbonyl (C=O) groups is 2. The number of rotatable bonds is 5. The van der Waals surface area contributed by atoms with Gasteiger partial charge in [0.1, 0.15) is 0 Å². The van der Waals surface area contributed by atoms with Gasteiger partial charge in [0.15, 0.2) is 0 Å². The summed E-state index contributed by atoms with van der Waals surface area (Å²) >= 11 is 1.48. The van der Waals surface area contributed by atoms with Crippen LogP contribution in [0.25, 0.3) is 0 Å². The van der Waals surface area contributed by atoms with E-state index in [9.17, 15) is 9.59 Å². The molecule has 0 aliphatic carbocycles. The minimum Gasteiger partial charge on any atom is -0.353 e. The molecule has 1 aliphatic rings. The number of carbonyl (C=O) groups excluding carboxylic acids is 2. The van der Waals surface area contributed by atoms with Gasteiger partial charge in [-0.05, 0) is 37.6 Å². The average Bonchev–Trinajstić information content (AvgIpc) is 3.01. The van der Waals surface area contributed by atoms with Crippen LogP contribution in [0.2, 0.25) is 0 Å². The summed E-state index contributed by atoms with van der Waals surface area (Å²) in [5, 5.41) is 5.00. The molecule has 116 valence electrons. The summed E-state index contributed by atoms with van der Waals surface area (Å²) in [5.74, 6) is 0.305. The molecule has 0 spiro atoms. The van der Waals surface area contributed by atoms with Gasteiger partial charge in [-0.15, -0.1) is 11.3 Å². The van der Waals surface area contributed by atoms with Crippen molar-refractivity contribution in [1.29, 1.82) is 0 Å². The van der Waals surface area contributed by atoms with E-state index in [0.717, 1.165) is 30.6 Å². The predicted octanol–water partition coefficient (Wildman–Crippen LogP) is 2.91. The molecule has 1 aromatic heterocycles. The van der Waals surface area contributed by atoms with Gasteiger partial charge in [0, 0.05) is 25.0 Å². The molecule has 4 nitrogen and oxygen atoms in total. The van der Waals surface area contributed by atoms with E-state index in [0.29, 0.717) is 13.1 Å². The first kappa shape index (κ1) is 16.0. The summed E-state index contributed by atoms with van der Waals surface area (Å²) in [6.07, 6.45) is 3.63. The van der Waals surface area contributed by atoms with Crippen molar-refractivity contribution >= 4 is 23.2 Å². The number of hydrogen-bond donors (Lipinski definition) is 1. The van der Waals surface area contributed by atoms with Gasteiger partial charge in [0.25, 0.3) is 5.91 Å². The average molecular weight is 308 g/mol. The standard InChI is InChI=1S/C16H24N2O2S/c1-3-5-12(2)17-15(19)13-7-9-18(10-8-13)16(20)14-6-4-11-21-14/h4,6,11-13H,3,5,7-10H2,1-2H3,(H,17,19). The van der Waals surface area contributed by atoms with E-state index in [2.05, 4.69) is 19.2 Å². The maximum absolute atomic E-state index is 12.2. The molecule has 1 fully saturated rings. The van der Waals surface area contributed by atoms with Gasteiger partial charge >= 0.3 is 0 Å². The second-order valence-electron chi connectivity index (χ2n) is 5.74. The molecule has 2 rings (SSSR count). The Morgan fingerprint density at radius 3 is 2.71 bits per heavy atom. The van der Waals surface area contributed by atoms with Crippen LogP contribution in [0, 0.1) is 5.92 Å². The van der Waals surface area contributed by atoms with Crippen molar-refractivity contribution in [3.05, 3.63) is 22.4 Å². The summed E-state index contributed by atoms with van der Waals surface area (Å²) in [6, 6.07) is 4.00. The largest absolute Gasteiger partial charge is 0.353 e. The van der Waals surface area contributed by atoms with Gasteiger partial charge < -0.3 is 10.2 Å². The molecule has 0 saturated carbocycles. The van der Waals surface area contributed by atoms with E-state index < -0.39 is 0 Å². The fraction of sp³-hybridized carbons (Fsp3) is 0.625. The Labute approximate surface area is 130 Å². The highest BCUT2D eigenvalue weighted by Gasteiger charge is 2.28. The first-order chi connectivity index (χ1) is 10.1. The molecular formula is C16H24N2O2S. The summed E-state index contributed by atoms with van der Waals surface area (Å²) < 4.78 is 0. The van der Waals surface area contributed by atoms with Crippen molar-refractivity contribution in [1.82, 2.24) is 10.2 Å². The third kappa shape index (κ3) is 4.30. The molecule has 1 aliphatic heterocycles. The van der Waals surface area contributed by atoms with Crippen LogP contribution in [0.15, 0.2) is 17.5 Å². The number of nitrogens with zero attached hydrogens (tertiary/aromatic N) is 1. The molecule has 0 aromatic carbocycles. The quantitative estimate of drug-likeness (QED) is 0.909. The molecule has 0 bridgehead atoms. The van der Waals surface area contributed by atoms with Crippen LogP contribution < -0.4 is 5.32 Å².